The number of hydrogen-bond donors (Lipinski definition) is 1. The number of carbonyl (C=O) groups is 1. The van der Waals surface area contributed by atoms with E-state index >= 15 is 0 Å². The first kappa shape index (κ1) is 11.9. The van der Waals surface area contributed by atoms with Crippen LogP contribution in [-0.4, -0.2) is 24.3 Å². The summed E-state index contributed by atoms with van der Waals surface area (Å²) in [6, 6.07) is 1.60. The van der Waals surface area contributed by atoms with E-state index in [0.717, 1.165) is 6.29 Å². The molecule has 1 heterocycles. The van der Waals surface area contributed by atoms with E-state index in [2.05, 4.69) is 0 Å². The van der Waals surface area contributed by atoms with Crippen LogP contribution in [0.25, 0.3) is 0 Å². The van der Waals surface area contributed by atoms with E-state index in [1.165, 1.54) is 0 Å². The Balaban J connectivity index is 2.43. The molecule has 0 saturated carbocycles. The molecule has 0 aliphatic carbocycles. The Morgan fingerprint density at radius 2 is 2.41 bits per heavy atom. The van der Waals surface area contributed by atoms with Crippen molar-refractivity contribution in [3.8, 4) is 11.5 Å². The van der Waals surface area contributed by atoms with Gasteiger partial charge in [0.2, 0.25) is 0 Å². The lowest BCUT2D eigenvalue weighted by Gasteiger charge is -2.27. The number of hydrogen-bond acceptors (Lipinski definition) is 4. The summed E-state index contributed by atoms with van der Waals surface area (Å²) in [5, 5.41) is 9.84. The molecule has 1 N–H and O–H groups in total. The number of aldehydes is 1. The van der Waals surface area contributed by atoms with Gasteiger partial charge < -0.3 is 14.6 Å². The lowest BCUT2D eigenvalue weighted by molar-refractivity contribution is -0.0865. The predicted molar refractivity (Wildman–Crippen MR) is 62.6 cm³/mol. The van der Waals surface area contributed by atoms with Gasteiger partial charge in [-0.2, -0.15) is 0 Å². The van der Waals surface area contributed by atoms with Crippen molar-refractivity contribution in [1.29, 1.82) is 0 Å². The normalized spacial score (nSPS) is 18.4. The molecule has 92 valence electrons. The minimum atomic E-state index is -0.326. The van der Waals surface area contributed by atoms with Gasteiger partial charge in [-0.05, 0) is 31.9 Å². The quantitative estimate of drug-likeness (QED) is 0.817. The number of ether oxygens (including phenoxy) is 2. The molecule has 4 heteroatoms. The first-order chi connectivity index (χ1) is 8.17. The van der Waals surface area contributed by atoms with Gasteiger partial charge in [-0.15, -0.1) is 0 Å². The fraction of sp³-hybridized carbons (Fsp3) is 0.462. The Morgan fingerprint density at radius 1 is 1.65 bits per heavy atom. The molecule has 17 heavy (non-hydrogen) atoms. The molecule has 0 saturated heterocycles. The van der Waals surface area contributed by atoms with Gasteiger partial charge in [0.1, 0.15) is 11.5 Å². The van der Waals surface area contributed by atoms with Crippen molar-refractivity contribution < 1.29 is 19.4 Å². The zero-order valence-electron chi connectivity index (χ0n) is 10.0. The molecule has 0 radical (unpaired) electrons. The van der Waals surface area contributed by atoms with Crippen LogP contribution >= 0.6 is 0 Å². The summed E-state index contributed by atoms with van der Waals surface area (Å²) >= 11 is 0. The van der Waals surface area contributed by atoms with Gasteiger partial charge in [0, 0.05) is 18.6 Å². The number of phenolic OH excluding ortho intramolecular Hbond substituents is 1. The van der Waals surface area contributed by atoms with Crippen LogP contribution in [0.1, 0.15) is 34.8 Å². The maximum atomic E-state index is 11.1. The third kappa shape index (κ3) is 2.13. The van der Waals surface area contributed by atoms with Crippen molar-refractivity contribution in [2.45, 2.75) is 33.0 Å². The minimum absolute atomic E-state index is 0.193. The second-order valence-corrected chi connectivity index (χ2v) is 4.09. The Labute approximate surface area is 100 Å². The second kappa shape index (κ2) is 4.75. The number of aryl methyl sites for hydroxylation is 1. The standard InChI is InChI=1S/C13H16O4/c1-3-16-12-5-4-9-11(15)6-8(2)10(7-14)13(9)17-12/h6-7,12,15H,3-5H2,1-2H3. The zero-order chi connectivity index (χ0) is 12.4. The summed E-state index contributed by atoms with van der Waals surface area (Å²) in [5.74, 6) is 0.667. The molecule has 1 atom stereocenters. The Bertz CT molecular complexity index is 440. The van der Waals surface area contributed by atoms with Gasteiger partial charge in [0.25, 0.3) is 0 Å². The highest BCUT2D eigenvalue weighted by Gasteiger charge is 2.26. The van der Waals surface area contributed by atoms with Crippen LogP contribution in [0.5, 0.6) is 11.5 Å². The van der Waals surface area contributed by atoms with Crippen molar-refractivity contribution in [1.82, 2.24) is 0 Å². The molecule has 1 aliphatic heterocycles. The highest BCUT2D eigenvalue weighted by atomic mass is 16.7. The van der Waals surface area contributed by atoms with Gasteiger partial charge in [-0.1, -0.05) is 0 Å². The van der Waals surface area contributed by atoms with Crippen molar-refractivity contribution in [2.24, 2.45) is 0 Å². The summed E-state index contributed by atoms with van der Waals surface area (Å²) in [6.07, 6.45) is 1.79. The average Bonchev–Trinajstić information content (AvgIpc) is 2.29. The summed E-state index contributed by atoms with van der Waals surface area (Å²) < 4.78 is 11.0. The Hall–Kier alpha value is -1.55. The van der Waals surface area contributed by atoms with Crippen LogP contribution in [0.3, 0.4) is 0 Å². The monoisotopic (exact) mass is 236 g/mol. The molecule has 2 rings (SSSR count). The Kier molecular flexibility index (Phi) is 3.33. The van der Waals surface area contributed by atoms with E-state index in [-0.39, 0.29) is 12.0 Å². The van der Waals surface area contributed by atoms with Crippen molar-refractivity contribution in [3.05, 3.63) is 22.8 Å². The molecule has 1 aromatic rings. The van der Waals surface area contributed by atoms with Crippen LogP contribution in [-0.2, 0) is 11.2 Å². The third-order valence-corrected chi connectivity index (χ3v) is 2.96. The van der Waals surface area contributed by atoms with E-state index < -0.39 is 0 Å². The number of fused-ring (bicyclic) bond motifs is 1. The number of aromatic hydroxyl groups is 1. The first-order valence-electron chi connectivity index (χ1n) is 5.76. The molecule has 0 fully saturated rings. The maximum absolute atomic E-state index is 11.1. The van der Waals surface area contributed by atoms with Crippen LogP contribution in [0, 0.1) is 6.92 Å². The van der Waals surface area contributed by atoms with Crippen molar-refractivity contribution in [2.75, 3.05) is 6.61 Å². The number of rotatable bonds is 3. The lowest BCUT2D eigenvalue weighted by Crippen LogP contribution is -2.26. The van der Waals surface area contributed by atoms with Gasteiger partial charge in [0.05, 0.1) is 5.56 Å². The van der Waals surface area contributed by atoms with E-state index in [1.807, 2.05) is 6.92 Å². The topological polar surface area (TPSA) is 55.8 Å². The number of benzene rings is 1. The SMILES string of the molecule is CCOC1CCc2c(O)cc(C)c(C=O)c2O1. The molecule has 1 aromatic carbocycles. The molecule has 0 amide bonds. The molecular weight excluding hydrogens is 220 g/mol. The minimum Gasteiger partial charge on any atom is -0.508 e. The molecule has 1 aliphatic rings. The van der Waals surface area contributed by atoms with Crippen LogP contribution < -0.4 is 4.74 Å². The molecule has 1 unspecified atom stereocenters. The molecule has 0 bridgehead atoms. The highest BCUT2D eigenvalue weighted by Crippen LogP contribution is 2.38. The number of phenols is 1. The summed E-state index contributed by atoms with van der Waals surface area (Å²) in [7, 11) is 0. The average molecular weight is 236 g/mol. The summed E-state index contributed by atoms with van der Waals surface area (Å²) in [5.41, 5.74) is 1.92. The largest absolute Gasteiger partial charge is 0.508 e. The lowest BCUT2D eigenvalue weighted by atomic mass is 9.97. The van der Waals surface area contributed by atoms with E-state index in [9.17, 15) is 9.90 Å². The Morgan fingerprint density at radius 3 is 3.06 bits per heavy atom. The zero-order valence-corrected chi connectivity index (χ0v) is 10.0. The maximum Gasteiger partial charge on any atom is 0.200 e. The fourth-order valence-corrected chi connectivity index (χ4v) is 2.11. The van der Waals surface area contributed by atoms with Gasteiger partial charge in [-0.25, -0.2) is 0 Å². The first-order valence-corrected chi connectivity index (χ1v) is 5.76. The summed E-state index contributed by atoms with van der Waals surface area (Å²) in [4.78, 5) is 11.1. The van der Waals surface area contributed by atoms with Crippen LogP contribution in [0.4, 0.5) is 0 Å². The van der Waals surface area contributed by atoms with Crippen LogP contribution in [0.15, 0.2) is 6.07 Å². The van der Waals surface area contributed by atoms with Gasteiger partial charge >= 0.3 is 0 Å². The van der Waals surface area contributed by atoms with Gasteiger partial charge in [-0.3, -0.25) is 4.79 Å². The highest BCUT2D eigenvalue weighted by molar-refractivity contribution is 5.83. The van der Waals surface area contributed by atoms with Crippen molar-refractivity contribution >= 4 is 6.29 Å². The predicted octanol–water partition coefficient (Wildman–Crippen LogP) is 2.20. The summed E-state index contributed by atoms with van der Waals surface area (Å²) in [6.45, 7) is 4.23. The second-order valence-electron chi connectivity index (χ2n) is 4.09. The fourth-order valence-electron chi connectivity index (χ4n) is 2.11. The van der Waals surface area contributed by atoms with Gasteiger partial charge in [0.15, 0.2) is 12.6 Å². The molecule has 0 spiro atoms. The molecule has 0 aromatic heterocycles. The van der Waals surface area contributed by atoms with Crippen LogP contribution in [0.2, 0.25) is 0 Å². The van der Waals surface area contributed by atoms with E-state index in [0.29, 0.717) is 41.9 Å². The van der Waals surface area contributed by atoms with Crippen molar-refractivity contribution in [3.63, 3.8) is 0 Å². The smallest absolute Gasteiger partial charge is 0.200 e. The third-order valence-electron chi connectivity index (χ3n) is 2.96. The number of carbonyl (C=O) groups excluding carboxylic acids is 1. The molecule has 4 nitrogen and oxygen atoms in total. The van der Waals surface area contributed by atoms with E-state index in [4.69, 9.17) is 9.47 Å². The molecular formula is C13H16O4. The van der Waals surface area contributed by atoms with E-state index in [1.54, 1.807) is 13.0 Å².